The molecule has 140 valence electrons. The molecule has 0 spiro atoms. The van der Waals surface area contributed by atoms with E-state index in [1.165, 1.54) is 5.56 Å². The number of carbonyl (C=O) groups excluding carboxylic acids is 1. The number of nitrogens with one attached hydrogen (secondary N) is 1. The van der Waals surface area contributed by atoms with Gasteiger partial charge in [-0.15, -0.1) is 0 Å². The quantitative estimate of drug-likeness (QED) is 0.747. The molecule has 5 heteroatoms. The number of hydrogen-bond acceptors (Lipinski definition) is 3. The van der Waals surface area contributed by atoms with Crippen LogP contribution in [0.3, 0.4) is 0 Å². The first kappa shape index (κ1) is 18.8. The molecule has 0 bridgehead atoms. The van der Waals surface area contributed by atoms with E-state index in [0.717, 1.165) is 16.6 Å². The van der Waals surface area contributed by atoms with Crippen molar-refractivity contribution in [3.05, 3.63) is 69.1 Å². The first-order valence-corrected chi connectivity index (χ1v) is 9.25. The Bertz CT molecular complexity index is 1060. The second kappa shape index (κ2) is 7.35. The minimum atomic E-state index is -0.486. The summed E-state index contributed by atoms with van der Waals surface area (Å²) < 4.78 is 1.60. The Morgan fingerprint density at radius 2 is 1.74 bits per heavy atom. The summed E-state index contributed by atoms with van der Waals surface area (Å²) in [6, 6.07) is 11.5. The van der Waals surface area contributed by atoms with E-state index in [1.807, 2.05) is 57.2 Å². The molecule has 3 aromatic rings. The number of hydrogen-bond donors (Lipinski definition) is 1. The van der Waals surface area contributed by atoms with Crippen molar-refractivity contribution < 1.29 is 4.79 Å². The van der Waals surface area contributed by atoms with Gasteiger partial charge < -0.3 is 9.88 Å². The third kappa shape index (κ3) is 3.63. The molecule has 0 aliphatic heterocycles. The number of fused-ring (bicyclic) bond motifs is 1. The van der Waals surface area contributed by atoms with Gasteiger partial charge in [0.1, 0.15) is 0 Å². The lowest BCUT2D eigenvalue weighted by Crippen LogP contribution is -2.31. The Morgan fingerprint density at radius 1 is 1.11 bits per heavy atom. The fourth-order valence-electron chi connectivity index (χ4n) is 3.10. The molecule has 1 aromatic heterocycles. The summed E-state index contributed by atoms with van der Waals surface area (Å²) in [5.74, 6) is -0.0695. The van der Waals surface area contributed by atoms with E-state index in [-0.39, 0.29) is 11.3 Å². The number of aryl methyl sites for hydroxylation is 3. The second-order valence-electron chi connectivity index (χ2n) is 7.17. The molecule has 0 atom stereocenters. The minimum absolute atomic E-state index is 0.0828. The molecule has 0 aliphatic carbocycles. The van der Waals surface area contributed by atoms with Crippen LogP contribution in [0.5, 0.6) is 0 Å². The van der Waals surface area contributed by atoms with Crippen molar-refractivity contribution in [2.75, 3.05) is 5.32 Å². The molecule has 0 aliphatic rings. The maximum absolute atomic E-state index is 12.8. The average Bonchev–Trinajstić information content (AvgIpc) is 2.63. The molecule has 0 radical (unpaired) electrons. The van der Waals surface area contributed by atoms with Crippen molar-refractivity contribution in [2.45, 2.75) is 47.1 Å². The lowest BCUT2D eigenvalue weighted by atomic mass is 10.0. The van der Waals surface area contributed by atoms with Crippen LogP contribution in [0.25, 0.3) is 11.0 Å². The van der Waals surface area contributed by atoms with Crippen LogP contribution in [-0.2, 0) is 6.54 Å². The SMILES string of the molecule is CCn1c(=O)c(C(=O)Nc2ccc(C(C)C)cc2)nc2cc(C)c(C)cc21. The predicted octanol–water partition coefficient (Wildman–Crippen LogP) is 4.41. The first-order chi connectivity index (χ1) is 12.8. The van der Waals surface area contributed by atoms with Gasteiger partial charge in [0, 0.05) is 12.2 Å². The van der Waals surface area contributed by atoms with Gasteiger partial charge in [0.2, 0.25) is 0 Å². The molecular weight excluding hydrogens is 338 g/mol. The smallest absolute Gasteiger partial charge is 0.282 e. The topological polar surface area (TPSA) is 64.0 Å². The van der Waals surface area contributed by atoms with E-state index in [9.17, 15) is 9.59 Å². The minimum Gasteiger partial charge on any atom is -0.320 e. The van der Waals surface area contributed by atoms with Gasteiger partial charge in [-0.3, -0.25) is 9.59 Å². The van der Waals surface area contributed by atoms with Crippen molar-refractivity contribution in [2.24, 2.45) is 0 Å². The largest absolute Gasteiger partial charge is 0.320 e. The molecule has 0 saturated heterocycles. The number of nitrogens with zero attached hydrogens (tertiary/aromatic N) is 2. The van der Waals surface area contributed by atoms with Crippen LogP contribution < -0.4 is 10.9 Å². The van der Waals surface area contributed by atoms with Crippen LogP contribution in [-0.4, -0.2) is 15.5 Å². The molecule has 5 nitrogen and oxygen atoms in total. The highest BCUT2D eigenvalue weighted by molar-refractivity contribution is 6.03. The van der Waals surface area contributed by atoms with E-state index in [2.05, 4.69) is 24.1 Å². The normalized spacial score (nSPS) is 11.2. The third-order valence-electron chi connectivity index (χ3n) is 4.93. The summed E-state index contributed by atoms with van der Waals surface area (Å²) in [6.07, 6.45) is 0. The third-order valence-corrected chi connectivity index (χ3v) is 4.93. The summed E-state index contributed by atoms with van der Waals surface area (Å²) in [5.41, 5.74) is 4.96. The fraction of sp³-hybridized carbons (Fsp3) is 0.318. The Labute approximate surface area is 159 Å². The maximum atomic E-state index is 12.8. The second-order valence-corrected chi connectivity index (χ2v) is 7.17. The number of rotatable bonds is 4. The molecule has 2 aromatic carbocycles. The molecule has 0 fully saturated rings. The van der Waals surface area contributed by atoms with Crippen LogP contribution in [0.1, 0.15) is 53.9 Å². The maximum Gasteiger partial charge on any atom is 0.282 e. The standard InChI is InChI=1S/C22H25N3O2/c1-6-25-19-12-15(5)14(4)11-18(19)24-20(22(25)27)21(26)23-17-9-7-16(8-10-17)13(2)3/h7-13H,6H2,1-5H3,(H,23,26). The monoisotopic (exact) mass is 363 g/mol. The highest BCUT2D eigenvalue weighted by atomic mass is 16.2. The van der Waals surface area contributed by atoms with Crippen molar-refractivity contribution in [1.82, 2.24) is 9.55 Å². The van der Waals surface area contributed by atoms with Gasteiger partial charge in [-0.25, -0.2) is 4.98 Å². The van der Waals surface area contributed by atoms with Crippen LogP contribution in [0.2, 0.25) is 0 Å². The van der Waals surface area contributed by atoms with Gasteiger partial charge in [-0.1, -0.05) is 26.0 Å². The van der Waals surface area contributed by atoms with Gasteiger partial charge in [-0.05, 0) is 67.6 Å². The van der Waals surface area contributed by atoms with Gasteiger partial charge >= 0.3 is 0 Å². The Balaban J connectivity index is 2.02. The van der Waals surface area contributed by atoms with Crippen molar-refractivity contribution >= 4 is 22.6 Å². The van der Waals surface area contributed by atoms with Gasteiger partial charge in [-0.2, -0.15) is 0 Å². The first-order valence-electron chi connectivity index (χ1n) is 9.25. The zero-order chi connectivity index (χ0) is 19.7. The summed E-state index contributed by atoms with van der Waals surface area (Å²) in [6.45, 7) is 10.6. The van der Waals surface area contributed by atoms with E-state index in [0.29, 0.717) is 23.7 Å². The van der Waals surface area contributed by atoms with Gasteiger partial charge in [0.25, 0.3) is 11.5 Å². The Morgan fingerprint density at radius 3 is 2.33 bits per heavy atom. The van der Waals surface area contributed by atoms with E-state index >= 15 is 0 Å². The molecule has 1 amide bonds. The number of amides is 1. The summed E-state index contributed by atoms with van der Waals surface area (Å²) in [5, 5.41) is 2.79. The Hall–Kier alpha value is -2.95. The van der Waals surface area contributed by atoms with Crippen molar-refractivity contribution in [3.8, 4) is 0 Å². The number of anilines is 1. The summed E-state index contributed by atoms with van der Waals surface area (Å²) in [7, 11) is 0. The molecular formula is C22H25N3O2. The lowest BCUT2D eigenvalue weighted by molar-refractivity contribution is 0.102. The zero-order valence-corrected chi connectivity index (χ0v) is 16.5. The van der Waals surface area contributed by atoms with E-state index in [1.54, 1.807) is 4.57 Å². The zero-order valence-electron chi connectivity index (χ0n) is 16.5. The van der Waals surface area contributed by atoms with Crippen molar-refractivity contribution in [1.29, 1.82) is 0 Å². The fourth-order valence-corrected chi connectivity index (χ4v) is 3.10. The van der Waals surface area contributed by atoms with E-state index in [4.69, 9.17) is 0 Å². The molecule has 0 saturated carbocycles. The van der Waals surface area contributed by atoms with Gasteiger partial charge in [0.15, 0.2) is 5.69 Å². The summed E-state index contributed by atoms with van der Waals surface area (Å²) >= 11 is 0. The van der Waals surface area contributed by atoms with Crippen LogP contribution in [0, 0.1) is 13.8 Å². The summed E-state index contributed by atoms with van der Waals surface area (Å²) in [4.78, 5) is 29.9. The number of aromatic nitrogens is 2. The van der Waals surface area contributed by atoms with Crippen LogP contribution in [0.4, 0.5) is 5.69 Å². The molecule has 3 rings (SSSR count). The Kier molecular flexibility index (Phi) is 5.13. The van der Waals surface area contributed by atoms with E-state index < -0.39 is 5.91 Å². The van der Waals surface area contributed by atoms with Crippen LogP contribution in [0.15, 0.2) is 41.2 Å². The molecule has 27 heavy (non-hydrogen) atoms. The number of carbonyl (C=O) groups is 1. The molecule has 0 unspecified atom stereocenters. The highest BCUT2D eigenvalue weighted by Gasteiger charge is 2.18. The van der Waals surface area contributed by atoms with Crippen LogP contribution >= 0.6 is 0 Å². The molecule has 1 heterocycles. The number of benzene rings is 2. The predicted molar refractivity (Wildman–Crippen MR) is 110 cm³/mol. The average molecular weight is 363 g/mol. The lowest BCUT2D eigenvalue weighted by Gasteiger charge is -2.13. The molecule has 1 N–H and O–H groups in total. The van der Waals surface area contributed by atoms with Crippen molar-refractivity contribution in [3.63, 3.8) is 0 Å². The highest BCUT2D eigenvalue weighted by Crippen LogP contribution is 2.19. The van der Waals surface area contributed by atoms with Gasteiger partial charge in [0.05, 0.1) is 11.0 Å².